The summed E-state index contributed by atoms with van der Waals surface area (Å²) in [5.41, 5.74) is 6.45. The summed E-state index contributed by atoms with van der Waals surface area (Å²) in [6, 6.07) is 24.1. The standard InChI is InChI=1S/C38H31N3O4/c1-25-12-15-30(36(18-25)43-6)34(40-3)21-27-14-17-32(38(23-27)45-8)35(41-4)22-28-13-16-31(37(24-28)44-7)33(39-2)20-26-10-9-11-29(19-26)42-5/h9-24H,1,5-8H3/b33-20-,34-21-,35-22-. The van der Waals surface area contributed by atoms with Gasteiger partial charge in [-0.2, -0.15) is 0 Å². The minimum atomic E-state index is 0.361. The van der Waals surface area contributed by atoms with Crippen molar-refractivity contribution in [2.75, 3.05) is 28.4 Å². The summed E-state index contributed by atoms with van der Waals surface area (Å²) in [6.45, 7) is 25.5. The quantitative estimate of drug-likeness (QED) is 0.136. The van der Waals surface area contributed by atoms with E-state index in [-0.39, 0.29) is 0 Å². The molecular weight excluding hydrogens is 562 g/mol. The average Bonchev–Trinajstić information content (AvgIpc) is 3.08. The molecule has 0 saturated carbocycles. The highest BCUT2D eigenvalue weighted by Gasteiger charge is 2.14. The van der Waals surface area contributed by atoms with E-state index in [0.29, 0.717) is 56.8 Å². The molecule has 0 aliphatic rings. The molecule has 0 unspecified atom stereocenters. The number of hydrogen-bond acceptors (Lipinski definition) is 4. The molecule has 0 bridgehead atoms. The first-order chi connectivity index (χ1) is 21.9. The molecule has 0 aliphatic carbocycles. The second-order valence-corrected chi connectivity index (χ2v) is 9.82. The fourth-order valence-electron chi connectivity index (χ4n) is 4.74. The summed E-state index contributed by atoms with van der Waals surface area (Å²) in [7, 11) is 6.28. The van der Waals surface area contributed by atoms with Crippen LogP contribution in [0, 0.1) is 26.6 Å². The lowest BCUT2D eigenvalue weighted by molar-refractivity contribution is 0.413. The van der Waals surface area contributed by atoms with Crippen molar-refractivity contribution >= 4 is 35.3 Å². The van der Waals surface area contributed by atoms with Crippen LogP contribution in [0.25, 0.3) is 49.9 Å². The minimum absolute atomic E-state index is 0.361. The van der Waals surface area contributed by atoms with Crippen molar-refractivity contribution in [2.24, 2.45) is 0 Å². The maximum atomic E-state index is 7.93. The van der Waals surface area contributed by atoms with Gasteiger partial charge in [0.25, 0.3) is 0 Å². The number of rotatable bonds is 10. The minimum Gasteiger partial charge on any atom is -0.497 e. The van der Waals surface area contributed by atoms with Gasteiger partial charge in [0.1, 0.15) is 23.0 Å². The lowest BCUT2D eigenvalue weighted by Crippen LogP contribution is -1.93. The van der Waals surface area contributed by atoms with Gasteiger partial charge in [0.05, 0.1) is 48.2 Å². The Morgan fingerprint density at radius 2 is 0.933 bits per heavy atom. The molecule has 0 aliphatic heterocycles. The fraction of sp³-hybridized carbons (Fsp3) is 0.132. The molecule has 0 amide bonds. The van der Waals surface area contributed by atoms with E-state index in [2.05, 4.69) is 14.5 Å². The van der Waals surface area contributed by atoms with Gasteiger partial charge in [-0.15, -0.1) is 0 Å². The van der Waals surface area contributed by atoms with Crippen molar-refractivity contribution in [3.63, 3.8) is 0 Å². The van der Waals surface area contributed by atoms with E-state index in [1.807, 2.05) is 73.7 Å². The Bertz CT molecular complexity index is 1950. The Hall–Kier alpha value is -6.23. The predicted molar refractivity (Wildman–Crippen MR) is 180 cm³/mol. The first-order valence-corrected chi connectivity index (χ1v) is 13.8. The third-order valence-corrected chi connectivity index (χ3v) is 7.00. The highest BCUT2D eigenvalue weighted by Crippen LogP contribution is 2.35. The molecule has 4 aromatic carbocycles. The molecular formula is C38H31N3O4. The van der Waals surface area contributed by atoms with E-state index < -0.39 is 0 Å². The van der Waals surface area contributed by atoms with Crippen molar-refractivity contribution in [3.8, 4) is 23.0 Å². The Morgan fingerprint density at radius 1 is 0.511 bits per heavy atom. The number of benzene rings is 4. The predicted octanol–water partition coefficient (Wildman–Crippen LogP) is 9.28. The molecule has 0 spiro atoms. The van der Waals surface area contributed by atoms with E-state index >= 15 is 0 Å². The van der Waals surface area contributed by atoms with Crippen molar-refractivity contribution in [3.05, 3.63) is 152 Å². The summed E-state index contributed by atoms with van der Waals surface area (Å²) >= 11 is 0. The van der Waals surface area contributed by atoms with Crippen LogP contribution < -0.4 is 18.9 Å². The molecule has 4 rings (SSSR count). The van der Waals surface area contributed by atoms with E-state index in [0.717, 1.165) is 22.3 Å². The Kier molecular flexibility index (Phi) is 10.4. The molecule has 222 valence electrons. The Balaban J connectivity index is 1.70. The van der Waals surface area contributed by atoms with Crippen molar-refractivity contribution in [2.45, 2.75) is 6.92 Å². The van der Waals surface area contributed by atoms with Gasteiger partial charge in [-0.25, -0.2) is 14.5 Å². The van der Waals surface area contributed by atoms with Gasteiger partial charge in [0.2, 0.25) is 0 Å². The summed E-state index contributed by atoms with van der Waals surface area (Å²) in [5.74, 6) is 2.32. The number of hydrogen-bond donors (Lipinski definition) is 0. The van der Waals surface area contributed by atoms with Crippen LogP contribution >= 0.6 is 0 Å². The van der Waals surface area contributed by atoms with Crippen LogP contribution in [-0.2, 0) is 0 Å². The van der Waals surface area contributed by atoms with Crippen molar-refractivity contribution in [1.82, 2.24) is 0 Å². The second kappa shape index (κ2) is 14.8. The van der Waals surface area contributed by atoms with Crippen LogP contribution in [0.5, 0.6) is 23.0 Å². The molecule has 0 saturated heterocycles. The van der Waals surface area contributed by atoms with Gasteiger partial charge in [-0.05, 0) is 77.7 Å². The van der Waals surface area contributed by atoms with Crippen LogP contribution in [0.1, 0.15) is 38.9 Å². The maximum absolute atomic E-state index is 7.93. The third kappa shape index (κ3) is 7.41. The molecule has 7 nitrogen and oxygen atoms in total. The zero-order valence-electron chi connectivity index (χ0n) is 25.7. The summed E-state index contributed by atoms with van der Waals surface area (Å²) in [6.07, 6.45) is 5.30. The first-order valence-electron chi connectivity index (χ1n) is 13.8. The van der Waals surface area contributed by atoms with Gasteiger partial charge in [0, 0.05) is 16.7 Å². The van der Waals surface area contributed by atoms with E-state index in [1.165, 1.54) is 0 Å². The zero-order chi connectivity index (χ0) is 32.3. The molecule has 0 heterocycles. The number of nitrogens with zero attached hydrogens (tertiary/aromatic N) is 3. The van der Waals surface area contributed by atoms with Gasteiger partial charge < -0.3 is 18.9 Å². The molecule has 0 atom stereocenters. The topological polar surface area (TPSA) is 50.0 Å². The monoisotopic (exact) mass is 593 g/mol. The van der Waals surface area contributed by atoms with Gasteiger partial charge in [-0.1, -0.05) is 48.5 Å². The van der Waals surface area contributed by atoms with E-state index in [1.54, 1.807) is 58.8 Å². The Morgan fingerprint density at radius 3 is 1.36 bits per heavy atom. The number of ether oxygens (including phenoxy) is 4. The van der Waals surface area contributed by atoms with Crippen LogP contribution in [0.2, 0.25) is 0 Å². The van der Waals surface area contributed by atoms with Crippen molar-refractivity contribution < 1.29 is 18.9 Å². The van der Waals surface area contributed by atoms with E-state index in [9.17, 15) is 0 Å². The zero-order valence-corrected chi connectivity index (χ0v) is 25.7. The second-order valence-electron chi connectivity index (χ2n) is 9.82. The van der Waals surface area contributed by atoms with Crippen LogP contribution in [0.4, 0.5) is 0 Å². The Labute approximate surface area is 264 Å². The van der Waals surface area contributed by atoms with Crippen LogP contribution in [0.15, 0.2) is 78.9 Å². The summed E-state index contributed by atoms with van der Waals surface area (Å²) in [5, 5.41) is 0. The fourth-order valence-corrected chi connectivity index (χ4v) is 4.74. The summed E-state index contributed by atoms with van der Waals surface area (Å²) < 4.78 is 22.2. The molecule has 0 radical (unpaired) electrons. The smallest absolute Gasteiger partial charge is 0.198 e. The van der Waals surface area contributed by atoms with Gasteiger partial charge in [0.15, 0.2) is 17.1 Å². The SMILES string of the molecule is [C-]#[N+]/C(=C\c1ccc(/C(=C/c2ccc(/C(=C/c3cccc(OC)c3)[N+]#[C-])c(OC)c2)[N+]#[C-])c(OC)c1)c1ccc(C)cc1OC. The third-order valence-electron chi connectivity index (χ3n) is 7.00. The molecule has 0 aromatic heterocycles. The highest BCUT2D eigenvalue weighted by molar-refractivity contribution is 5.92. The lowest BCUT2D eigenvalue weighted by Gasteiger charge is -2.12. The molecule has 45 heavy (non-hydrogen) atoms. The molecule has 7 heteroatoms. The normalized spacial score (nSPS) is 11.6. The maximum Gasteiger partial charge on any atom is 0.198 e. The number of methoxy groups -OCH3 is 4. The van der Waals surface area contributed by atoms with Crippen LogP contribution in [0.3, 0.4) is 0 Å². The largest absolute Gasteiger partial charge is 0.497 e. The average molecular weight is 594 g/mol. The summed E-state index contributed by atoms with van der Waals surface area (Å²) in [4.78, 5) is 11.3. The number of aryl methyl sites for hydroxylation is 1. The highest BCUT2D eigenvalue weighted by atomic mass is 16.5. The van der Waals surface area contributed by atoms with Crippen LogP contribution in [-0.4, -0.2) is 28.4 Å². The molecule has 0 fully saturated rings. The first kappa shape index (κ1) is 31.7. The molecule has 0 N–H and O–H groups in total. The van der Waals surface area contributed by atoms with Gasteiger partial charge in [-0.3, -0.25) is 0 Å². The lowest BCUT2D eigenvalue weighted by atomic mass is 10.0. The van der Waals surface area contributed by atoms with Crippen molar-refractivity contribution in [1.29, 1.82) is 0 Å². The van der Waals surface area contributed by atoms with Gasteiger partial charge >= 0.3 is 0 Å². The van der Waals surface area contributed by atoms with E-state index in [4.69, 9.17) is 38.7 Å². The molecule has 4 aromatic rings.